The summed E-state index contributed by atoms with van der Waals surface area (Å²) >= 11 is 0. The standard InChI is InChI=1S/C51H65N5O9S.C47H62N4O7S.2O3S/c1-7-9-31-55-41-20-15-13-18-39(41)50(5,6)43(55)25-23-37-33-36(22-24-42-49(3,4)38-17-12-14-19-40(38)54(42)30-8-2)34-51(35-37,48(61)53-29-32-66(62,63)64)47(60)52-28-16-10-11-21-46(59)65-56-44(57)26-27-45(56)58;1-7-9-29-51-39-20-15-13-18-37(39)46(5,6)41(51)25-23-35-31-34(22-24-40-45(3,4)36-17-12-14-19-38(36)50(40)28-8-2)32-47(33-35,44(55)49-27-30-59(56,57)58)43(54)48-26-16-10-11-21-42(52)53;2*1-4(2)3/h12-15,17-20,22-25,33H,7-11,16,21,26-32,34-35H2,1-6H3,(H2-,52,53,60,61,62,63,64);12-15,17-20,22-25,31H,7-11,16,21,26-30,32-33H2,1-6H3,(H3-,48,49,52,53,54,55,56,57,58);;/p+2. The van der Waals surface area contributed by atoms with Crippen molar-refractivity contribution < 1.29 is 109 Å². The van der Waals surface area contributed by atoms with E-state index in [0.717, 1.165) is 127 Å². The molecule has 6 amide bonds. The number of carbonyl (C=O) groups is 8. The molecule has 0 saturated carbocycles. The number of unbranched alkanes of at least 4 members (excludes halogenated alkanes) is 6. The van der Waals surface area contributed by atoms with Crippen LogP contribution in [-0.4, -0.2) is 193 Å². The predicted octanol–water partition coefficient (Wildman–Crippen LogP) is 13.3. The first-order valence-corrected chi connectivity index (χ1v) is 50.7. The highest BCUT2D eigenvalue weighted by molar-refractivity contribution is 7.86. The molecular formula is C98H129N9O22S4+2. The van der Waals surface area contributed by atoms with Crippen LogP contribution in [0, 0.1) is 10.8 Å². The molecule has 4 aromatic carbocycles. The van der Waals surface area contributed by atoms with E-state index in [1.165, 1.54) is 27.9 Å². The molecule has 2 atom stereocenters. The average molecular weight is 1910 g/mol. The lowest BCUT2D eigenvalue weighted by molar-refractivity contribution is -0.437. The number of amides is 6. The number of allylic oxidation sites excluding steroid dienone is 16. The van der Waals surface area contributed by atoms with Crippen molar-refractivity contribution in [2.45, 2.75) is 233 Å². The van der Waals surface area contributed by atoms with E-state index in [4.69, 9.17) is 35.2 Å². The molecule has 7 aliphatic rings. The normalized spacial score (nSPS) is 20.1. The van der Waals surface area contributed by atoms with Gasteiger partial charge < -0.3 is 41.0 Å². The number of hydrogen-bond acceptors (Lipinski definition) is 21. The van der Waals surface area contributed by atoms with Crippen LogP contribution in [0.5, 0.6) is 0 Å². The van der Waals surface area contributed by atoms with Gasteiger partial charge in [0.2, 0.25) is 35.0 Å². The molecule has 0 bridgehead atoms. The number of nitrogens with zero attached hydrogens (tertiary/aromatic N) is 5. The first kappa shape index (κ1) is 107. The monoisotopic (exact) mass is 1910 g/mol. The van der Waals surface area contributed by atoms with Crippen molar-refractivity contribution in [3.8, 4) is 0 Å². The maximum atomic E-state index is 14.7. The zero-order valence-electron chi connectivity index (χ0n) is 78.2. The molecule has 4 aromatic rings. The summed E-state index contributed by atoms with van der Waals surface area (Å²) in [6.45, 7) is 29.2. The van der Waals surface area contributed by atoms with E-state index in [1.54, 1.807) is 0 Å². The molecule has 31 nitrogen and oxygen atoms in total. The minimum absolute atomic E-state index is 0.00306. The first-order valence-electron chi connectivity index (χ1n) is 45.4. The van der Waals surface area contributed by atoms with Crippen molar-refractivity contribution >= 4 is 123 Å². The van der Waals surface area contributed by atoms with Crippen molar-refractivity contribution in [1.29, 1.82) is 0 Å². The van der Waals surface area contributed by atoms with Crippen LogP contribution in [0.1, 0.15) is 234 Å². The fourth-order valence-corrected chi connectivity index (χ4v) is 19.2. The summed E-state index contributed by atoms with van der Waals surface area (Å²) < 4.78 is 121. The summed E-state index contributed by atoms with van der Waals surface area (Å²) in [6, 6.07) is 33.6. The van der Waals surface area contributed by atoms with Crippen LogP contribution in [0.25, 0.3) is 0 Å². The molecule has 0 aromatic heterocycles. The molecule has 0 spiro atoms. The van der Waals surface area contributed by atoms with Crippen LogP contribution in [-0.2, 0) is 106 Å². The number of aliphatic carboxylic acids is 1. The Kier molecular flexibility index (Phi) is 38.3. The van der Waals surface area contributed by atoms with Gasteiger partial charge in [-0.25, -0.2) is 4.79 Å². The molecule has 720 valence electrons. The van der Waals surface area contributed by atoms with Gasteiger partial charge >= 0.3 is 33.2 Å². The van der Waals surface area contributed by atoms with Gasteiger partial charge in [-0.3, -0.25) is 42.7 Å². The van der Waals surface area contributed by atoms with Crippen LogP contribution in [0.2, 0.25) is 0 Å². The average Bonchev–Trinajstić information content (AvgIpc) is 1.61. The van der Waals surface area contributed by atoms with Crippen LogP contribution >= 0.6 is 0 Å². The molecule has 2 aliphatic carbocycles. The third-order valence-corrected chi connectivity index (χ3v) is 26.5. The molecule has 7 N–H and O–H groups in total. The van der Waals surface area contributed by atoms with Crippen LogP contribution in [0.3, 0.4) is 0 Å². The van der Waals surface area contributed by atoms with Gasteiger partial charge in [0.25, 0.3) is 32.1 Å². The molecule has 5 aliphatic heterocycles. The fraction of sp³-hybridized carbons (Fsp3) is 0.490. The number of carboxylic acids is 1. The Balaban J connectivity index is 0.000000305. The van der Waals surface area contributed by atoms with Crippen molar-refractivity contribution in [2.75, 3.05) is 73.7 Å². The number of imide groups is 1. The molecule has 133 heavy (non-hydrogen) atoms. The van der Waals surface area contributed by atoms with E-state index < -0.39 is 118 Å². The highest BCUT2D eigenvalue weighted by Gasteiger charge is 2.52. The molecule has 35 heteroatoms. The number of hydroxylamine groups is 2. The van der Waals surface area contributed by atoms with Crippen molar-refractivity contribution in [3.05, 3.63) is 214 Å². The minimum atomic E-state index is -4.42. The number of rotatable bonds is 39. The molecular weight excluding hydrogens is 1780 g/mol. The summed E-state index contributed by atoms with van der Waals surface area (Å²) in [4.78, 5) is 115. The third-order valence-electron chi connectivity index (χ3n) is 25.1. The number of anilines is 2. The first-order chi connectivity index (χ1) is 62.8. The maximum Gasteiger partial charge on any atom is 0.425 e. The van der Waals surface area contributed by atoms with Crippen molar-refractivity contribution in [2.24, 2.45) is 10.8 Å². The van der Waals surface area contributed by atoms with E-state index in [2.05, 4.69) is 226 Å². The second-order valence-corrected chi connectivity index (χ2v) is 40.2. The topological polar surface area (TPSA) is 441 Å². The Morgan fingerprint density at radius 3 is 1.14 bits per heavy atom. The van der Waals surface area contributed by atoms with E-state index in [9.17, 15) is 64.3 Å². The summed E-state index contributed by atoms with van der Waals surface area (Å²) in [6.07, 6.45) is 29.4. The van der Waals surface area contributed by atoms with E-state index >= 15 is 0 Å². The SMILES string of the molecule is CCCCN1C(=CC=C2C=C(C=CC3=[N+](CCC)c4ccccc4C3(C)C)CC(C(=O)NCCCCCC(=O)O)(C(=O)NCCS(=O)(=O)O)C2)C(C)(C)c2ccccc21.CCCCN1C(=CC=C2C=C(C=CC3=[N+](CCC)c4ccccc4C3(C)C)CC(C(=O)NCCCCCC(=O)ON3C(=O)CCC3=O)(C(=O)NCCS(=O)(=O)O)C2)C(C)(C)c2ccccc21.O=S(=O)=O.O=S(=O)=O. The second kappa shape index (κ2) is 47.6. The molecule has 11 rings (SSSR count). The number of carboxylic acid groups (broad SMARTS) is 1. The number of nitrogens with one attached hydrogen (secondary N) is 4. The highest BCUT2D eigenvalue weighted by Crippen LogP contribution is 2.51. The Hall–Kier alpha value is -11.2. The number of hydrogen-bond donors (Lipinski definition) is 7. The quantitative estimate of drug-likeness (QED) is 0.00717. The minimum Gasteiger partial charge on any atom is -0.481 e. The van der Waals surface area contributed by atoms with Crippen LogP contribution in [0.15, 0.2) is 192 Å². The molecule has 0 radical (unpaired) electrons. The maximum absolute atomic E-state index is 14.7. The Morgan fingerprint density at radius 1 is 0.436 bits per heavy atom. The van der Waals surface area contributed by atoms with Crippen LogP contribution < -0.4 is 31.1 Å². The summed E-state index contributed by atoms with van der Waals surface area (Å²) in [5.74, 6) is -6.43. The van der Waals surface area contributed by atoms with Gasteiger partial charge in [-0.15, -0.1) is 30.3 Å². The largest absolute Gasteiger partial charge is 0.481 e. The summed E-state index contributed by atoms with van der Waals surface area (Å²) in [5.41, 5.74) is 12.2. The van der Waals surface area contributed by atoms with Gasteiger partial charge in [0.1, 0.15) is 23.9 Å². The summed E-state index contributed by atoms with van der Waals surface area (Å²) in [5, 5.41) is 20.9. The van der Waals surface area contributed by atoms with Crippen molar-refractivity contribution in [1.82, 2.24) is 26.3 Å². The Morgan fingerprint density at radius 2 is 0.782 bits per heavy atom. The number of carbonyl (C=O) groups excluding carboxylic acids is 7. The van der Waals surface area contributed by atoms with E-state index in [1.807, 2.05) is 54.6 Å². The van der Waals surface area contributed by atoms with Gasteiger partial charge in [0, 0.05) is 147 Å². The van der Waals surface area contributed by atoms with Gasteiger partial charge in [-0.1, -0.05) is 190 Å². The number of fused-ring (bicyclic) bond motifs is 4. The zero-order valence-corrected chi connectivity index (χ0v) is 81.5. The molecule has 2 unspecified atom stereocenters. The van der Waals surface area contributed by atoms with Crippen LogP contribution in [0.4, 0.5) is 22.7 Å². The lowest BCUT2D eigenvalue weighted by Crippen LogP contribution is -2.53. The van der Waals surface area contributed by atoms with E-state index in [-0.39, 0.29) is 92.7 Å². The Bertz CT molecular complexity index is 5800. The summed E-state index contributed by atoms with van der Waals surface area (Å²) in [7, 11) is -15.0. The third kappa shape index (κ3) is 27.7. The zero-order chi connectivity index (χ0) is 98.0. The molecule has 5 heterocycles. The lowest BCUT2D eigenvalue weighted by Gasteiger charge is -2.35. The van der Waals surface area contributed by atoms with Gasteiger partial charge in [-0.2, -0.15) is 26.0 Å². The fourth-order valence-electron chi connectivity index (χ4n) is 18.4. The van der Waals surface area contributed by atoms with Gasteiger partial charge in [0.15, 0.2) is 11.4 Å². The predicted molar refractivity (Wildman–Crippen MR) is 509 cm³/mol. The highest BCUT2D eigenvalue weighted by atomic mass is 32.2. The molecule has 1 saturated heterocycles. The van der Waals surface area contributed by atoms with Gasteiger partial charge in [-0.05, 0) is 150 Å². The van der Waals surface area contributed by atoms with Crippen molar-refractivity contribution in [3.63, 3.8) is 0 Å². The second-order valence-electron chi connectivity index (χ2n) is 36.3. The Labute approximate surface area is 784 Å². The smallest absolute Gasteiger partial charge is 0.425 e. The molecule has 1 fully saturated rings. The number of para-hydroxylation sites is 4. The number of benzene rings is 4. The van der Waals surface area contributed by atoms with E-state index in [0.29, 0.717) is 43.6 Å². The lowest BCUT2D eigenvalue weighted by atomic mass is 9.70. The van der Waals surface area contributed by atoms with Gasteiger partial charge in [0.05, 0.1) is 22.3 Å².